The molecule has 4 heteroatoms. The first-order valence-electron chi connectivity index (χ1n) is 6.50. The van der Waals surface area contributed by atoms with E-state index in [9.17, 15) is 0 Å². The van der Waals surface area contributed by atoms with Crippen LogP contribution in [0, 0.1) is 10.5 Å². The number of nitrogens with zero attached hydrogens (tertiary/aromatic N) is 2. The third kappa shape index (κ3) is 3.49. The molecule has 0 fully saturated rings. The van der Waals surface area contributed by atoms with Gasteiger partial charge >= 0.3 is 0 Å². The number of aromatic nitrogens is 2. The molecule has 0 amide bonds. The molecule has 102 valence electrons. The number of hydrogen-bond acceptors (Lipinski definition) is 2. The minimum Gasteiger partial charge on any atom is -0.381 e. The molecule has 0 saturated carbocycles. The maximum atomic E-state index is 4.53. The average molecular weight is 369 g/mol. The Labute approximate surface area is 128 Å². The molecule has 1 aromatic carbocycles. The molecule has 2 rings (SSSR count). The highest BCUT2D eigenvalue weighted by molar-refractivity contribution is 14.1. The first-order valence-corrected chi connectivity index (χ1v) is 7.57. The van der Waals surface area contributed by atoms with E-state index in [1.807, 2.05) is 11.7 Å². The van der Waals surface area contributed by atoms with Crippen molar-refractivity contribution in [1.29, 1.82) is 0 Å². The quantitative estimate of drug-likeness (QED) is 0.824. The van der Waals surface area contributed by atoms with Crippen LogP contribution < -0.4 is 5.32 Å². The van der Waals surface area contributed by atoms with E-state index in [1.54, 1.807) is 0 Å². The van der Waals surface area contributed by atoms with Gasteiger partial charge in [-0.15, -0.1) is 0 Å². The monoisotopic (exact) mass is 369 g/mol. The summed E-state index contributed by atoms with van der Waals surface area (Å²) in [5, 5.41) is 8.01. The summed E-state index contributed by atoms with van der Waals surface area (Å²) in [5.74, 6) is 0.455. The number of nitrogens with one attached hydrogen (secondary N) is 1. The fraction of sp³-hybridized carbons (Fsp3) is 0.400. The van der Waals surface area contributed by atoms with Crippen LogP contribution in [0.15, 0.2) is 24.4 Å². The zero-order chi connectivity index (χ0) is 14.0. The smallest absolute Gasteiger partial charge is 0.0699 e. The van der Waals surface area contributed by atoms with Crippen LogP contribution >= 0.6 is 22.6 Å². The molecule has 0 unspecified atom stereocenters. The maximum Gasteiger partial charge on any atom is 0.0699 e. The van der Waals surface area contributed by atoms with Gasteiger partial charge in [-0.05, 0) is 53.1 Å². The first-order chi connectivity index (χ1) is 8.97. The van der Waals surface area contributed by atoms with Crippen molar-refractivity contribution in [2.24, 2.45) is 7.05 Å². The van der Waals surface area contributed by atoms with Crippen LogP contribution in [0.25, 0.3) is 0 Å². The summed E-state index contributed by atoms with van der Waals surface area (Å²) >= 11 is 2.37. The van der Waals surface area contributed by atoms with Gasteiger partial charge in [0.15, 0.2) is 0 Å². The molecule has 0 aliphatic heterocycles. The van der Waals surface area contributed by atoms with Crippen LogP contribution in [-0.4, -0.2) is 9.78 Å². The highest BCUT2D eigenvalue weighted by Gasteiger charge is 2.11. The van der Waals surface area contributed by atoms with Gasteiger partial charge in [-0.1, -0.05) is 19.9 Å². The minimum atomic E-state index is 0.455. The van der Waals surface area contributed by atoms with Gasteiger partial charge < -0.3 is 5.32 Å². The normalized spacial score (nSPS) is 11.1. The van der Waals surface area contributed by atoms with Gasteiger partial charge in [-0.2, -0.15) is 5.10 Å². The lowest BCUT2D eigenvalue weighted by molar-refractivity contribution is 0.712. The van der Waals surface area contributed by atoms with Gasteiger partial charge in [-0.3, -0.25) is 4.68 Å². The van der Waals surface area contributed by atoms with Crippen molar-refractivity contribution < 1.29 is 0 Å². The summed E-state index contributed by atoms with van der Waals surface area (Å²) in [5.41, 5.74) is 4.92. The topological polar surface area (TPSA) is 29.9 Å². The highest BCUT2D eigenvalue weighted by atomic mass is 127. The van der Waals surface area contributed by atoms with E-state index in [0.717, 1.165) is 12.2 Å². The van der Waals surface area contributed by atoms with E-state index in [0.29, 0.717) is 5.92 Å². The Kier molecular flexibility index (Phi) is 4.50. The first kappa shape index (κ1) is 14.4. The van der Waals surface area contributed by atoms with E-state index in [1.165, 1.54) is 20.4 Å². The third-order valence-electron chi connectivity index (χ3n) is 3.14. The van der Waals surface area contributed by atoms with Gasteiger partial charge in [0.25, 0.3) is 0 Å². The molecule has 19 heavy (non-hydrogen) atoms. The Hall–Kier alpha value is -1.04. The van der Waals surface area contributed by atoms with Crippen molar-refractivity contribution in [3.8, 4) is 0 Å². The van der Waals surface area contributed by atoms with E-state index in [2.05, 4.69) is 78.2 Å². The van der Waals surface area contributed by atoms with Crippen molar-refractivity contribution in [3.63, 3.8) is 0 Å². The molecule has 3 nitrogen and oxygen atoms in total. The van der Waals surface area contributed by atoms with Crippen LogP contribution in [0.3, 0.4) is 0 Å². The van der Waals surface area contributed by atoms with Gasteiger partial charge in [0.1, 0.15) is 0 Å². The summed E-state index contributed by atoms with van der Waals surface area (Å²) in [6, 6.07) is 6.46. The minimum absolute atomic E-state index is 0.455. The fourth-order valence-electron chi connectivity index (χ4n) is 2.08. The molecular formula is C15H20IN3. The molecule has 0 saturated heterocycles. The summed E-state index contributed by atoms with van der Waals surface area (Å²) < 4.78 is 3.18. The van der Waals surface area contributed by atoms with Crippen LogP contribution in [0.2, 0.25) is 0 Å². The molecule has 1 heterocycles. The second-order valence-corrected chi connectivity index (χ2v) is 6.35. The van der Waals surface area contributed by atoms with Crippen LogP contribution in [0.5, 0.6) is 0 Å². The summed E-state index contributed by atoms with van der Waals surface area (Å²) in [6.45, 7) is 7.31. The van der Waals surface area contributed by atoms with Crippen molar-refractivity contribution in [1.82, 2.24) is 9.78 Å². The Morgan fingerprint density at radius 2 is 2.11 bits per heavy atom. The van der Waals surface area contributed by atoms with Gasteiger partial charge in [0, 0.05) is 34.6 Å². The maximum absolute atomic E-state index is 4.53. The van der Waals surface area contributed by atoms with Gasteiger partial charge in [0.2, 0.25) is 0 Å². The standard InChI is InChI=1S/C15H20IN3/c1-10(2)15-12(9-19(4)18-15)8-17-13-6-5-11(3)14(16)7-13/h5-7,9-10,17H,8H2,1-4H3. The highest BCUT2D eigenvalue weighted by Crippen LogP contribution is 2.20. The summed E-state index contributed by atoms with van der Waals surface area (Å²) in [4.78, 5) is 0. The van der Waals surface area contributed by atoms with Crippen LogP contribution in [0.1, 0.15) is 36.6 Å². The van der Waals surface area contributed by atoms with E-state index < -0.39 is 0 Å². The molecule has 0 bridgehead atoms. The van der Waals surface area contributed by atoms with Crippen molar-refractivity contribution in [3.05, 3.63) is 44.8 Å². The summed E-state index contributed by atoms with van der Waals surface area (Å²) in [7, 11) is 1.98. The zero-order valence-corrected chi connectivity index (χ0v) is 14.0. The zero-order valence-electron chi connectivity index (χ0n) is 11.9. The second kappa shape index (κ2) is 5.94. The number of hydrogen-bond donors (Lipinski definition) is 1. The Balaban J connectivity index is 2.12. The van der Waals surface area contributed by atoms with Crippen molar-refractivity contribution >= 4 is 28.3 Å². The van der Waals surface area contributed by atoms with Crippen molar-refractivity contribution in [2.75, 3.05) is 5.32 Å². The molecule has 1 aromatic heterocycles. The molecular weight excluding hydrogens is 349 g/mol. The fourth-order valence-corrected chi connectivity index (χ4v) is 2.59. The largest absolute Gasteiger partial charge is 0.381 e. The van der Waals surface area contributed by atoms with Gasteiger partial charge in [-0.25, -0.2) is 0 Å². The lowest BCUT2D eigenvalue weighted by Crippen LogP contribution is -2.03. The molecule has 2 aromatic rings. The molecule has 0 aliphatic rings. The van der Waals surface area contributed by atoms with Gasteiger partial charge in [0.05, 0.1) is 5.69 Å². The summed E-state index contributed by atoms with van der Waals surface area (Å²) in [6.07, 6.45) is 2.10. The average Bonchev–Trinajstić information content (AvgIpc) is 2.72. The number of aryl methyl sites for hydroxylation is 2. The predicted octanol–water partition coefficient (Wildman–Crippen LogP) is 4.07. The Morgan fingerprint density at radius 1 is 1.37 bits per heavy atom. The SMILES string of the molecule is Cc1ccc(NCc2cn(C)nc2C(C)C)cc1I. The van der Waals surface area contributed by atoms with E-state index in [4.69, 9.17) is 0 Å². The third-order valence-corrected chi connectivity index (χ3v) is 4.30. The molecule has 1 N–H and O–H groups in total. The van der Waals surface area contributed by atoms with Crippen LogP contribution in [0.4, 0.5) is 5.69 Å². The Morgan fingerprint density at radius 3 is 2.74 bits per heavy atom. The van der Waals surface area contributed by atoms with E-state index in [-0.39, 0.29) is 0 Å². The number of rotatable bonds is 4. The lowest BCUT2D eigenvalue weighted by atomic mass is 10.1. The lowest BCUT2D eigenvalue weighted by Gasteiger charge is -2.09. The molecule has 0 atom stereocenters. The second-order valence-electron chi connectivity index (χ2n) is 5.19. The van der Waals surface area contributed by atoms with Crippen LogP contribution in [-0.2, 0) is 13.6 Å². The number of benzene rings is 1. The Bertz CT molecular complexity index is 573. The number of halogens is 1. The molecule has 0 spiro atoms. The molecule has 0 radical (unpaired) electrons. The predicted molar refractivity (Wildman–Crippen MR) is 88.5 cm³/mol. The van der Waals surface area contributed by atoms with E-state index >= 15 is 0 Å². The van der Waals surface area contributed by atoms with Crippen molar-refractivity contribution in [2.45, 2.75) is 33.2 Å². The number of anilines is 1. The molecule has 0 aliphatic carbocycles.